The molecule has 3 heterocycles. The highest BCUT2D eigenvalue weighted by Crippen LogP contribution is 2.10. The maximum Gasteiger partial charge on any atom is 0.225 e. The minimum Gasteiger partial charge on any atom is -0.356 e. The minimum atomic E-state index is 0. The second-order valence-electron chi connectivity index (χ2n) is 7.49. The Morgan fingerprint density at radius 3 is 2.33 bits per heavy atom. The molecule has 2 aliphatic rings. The highest BCUT2D eigenvalue weighted by atomic mass is 127. The molecule has 2 fully saturated rings. The highest BCUT2D eigenvalue weighted by molar-refractivity contribution is 14.0. The van der Waals surface area contributed by atoms with Gasteiger partial charge in [-0.3, -0.25) is 9.79 Å². The molecule has 2 N–H and O–H groups in total. The molecule has 168 valence electrons. The van der Waals surface area contributed by atoms with Gasteiger partial charge >= 0.3 is 0 Å². The molecular weight excluding hydrogens is 495 g/mol. The Morgan fingerprint density at radius 1 is 1.00 bits per heavy atom. The number of guanidine groups is 1. The van der Waals surface area contributed by atoms with Gasteiger partial charge in [0.2, 0.25) is 11.9 Å². The number of likely N-dealkylation sites (tertiary alicyclic amines) is 1. The molecule has 1 aromatic heterocycles. The summed E-state index contributed by atoms with van der Waals surface area (Å²) in [5.41, 5.74) is 0. The van der Waals surface area contributed by atoms with E-state index < -0.39 is 0 Å². The number of nitrogens with one attached hydrogen (secondary N) is 2. The van der Waals surface area contributed by atoms with Gasteiger partial charge in [-0.05, 0) is 32.0 Å². The zero-order chi connectivity index (χ0) is 20.3. The topological polar surface area (TPSA) is 89.0 Å². The number of aliphatic imine (C=N–C) groups is 1. The maximum absolute atomic E-state index is 12.5. The standard InChI is InChI=1S/C20H34N8O.HI/c1-21-19(23-10-13-26-11-3-2-4-12-26)22-9-6-18(29)27-14-16-28(17-15-27)20-24-7-5-8-25-20;/h5,7-8H,2-4,6,9-17H2,1H3,(H2,21,22,23);1H. The summed E-state index contributed by atoms with van der Waals surface area (Å²) in [5, 5.41) is 6.60. The number of piperidine rings is 1. The van der Waals surface area contributed by atoms with E-state index in [1.54, 1.807) is 19.4 Å². The average Bonchev–Trinajstić information content (AvgIpc) is 2.79. The summed E-state index contributed by atoms with van der Waals surface area (Å²) in [4.78, 5) is 31.9. The van der Waals surface area contributed by atoms with Gasteiger partial charge in [-0.25, -0.2) is 9.97 Å². The molecule has 0 saturated carbocycles. The van der Waals surface area contributed by atoms with Crippen LogP contribution in [0.2, 0.25) is 0 Å². The average molecular weight is 530 g/mol. The molecule has 9 nitrogen and oxygen atoms in total. The second-order valence-corrected chi connectivity index (χ2v) is 7.49. The van der Waals surface area contributed by atoms with Crippen LogP contribution in [0.1, 0.15) is 25.7 Å². The Bertz CT molecular complexity index is 645. The van der Waals surface area contributed by atoms with E-state index in [4.69, 9.17) is 0 Å². The van der Waals surface area contributed by atoms with Crippen molar-refractivity contribution in [2.24, 2.45) is 4.99 Å². The van der Waals surface area contributed by atoms with Gasteiger partial charge in [-0.1, -0.05) is 6.42 Å². The van der Waals surface area contributed by atoms with Gasteiger partial charge in [0.1, 0.15) is 0 Å². The lowest BCUT2D eigenvalue weighted by atomic mass is 10.1. The molecule has 0 aromatic carbocycles. The maximum atomic E-state index is 12.5. The van der Waals surface area contributed by atoms with E-state index >= 15 is 0 Å². The fourth-order valence-corrected chi connectivity index (χ4v) is 3.79. The molecule has 30 heavy (non-hydrogen) atoms. The van der Waals surface area contributed by atoms with Crippen molar-refractivity contribution >= 4 is 41.8 Å². The number of rotatable bonds is 7. The number of carbonyl (C=O) groups is 1. The van der Waals surface area contributed by atoms with Crippen LogP contribution in [0, 0.1) is 0 Å². The van der Waals surface area contributed by atoms with Crippen LogP contribution >= 0.6 is 24.0 Å². The first-order valence-corrected chi connectivity index (χ1v) is 10.7. The van der Waals surface area contributed by atoms with Gasteiger partial charge in [-0.15, -0.1) is 24.0 Å². The van der Waals surface area contributed by atoms with Crippen LogP contribution in [0.3, 0.4) is 0 Å². The van der Waals surface area contributed by atoms with Crippen LogP contribution in [0.15, 0.2) is 23.5 Å². The molecular formula is C20H35IN8O. The summed E-state index contributed by atoms with van der Waals surface area (Å²) >= 11 is 0. The van der Waals surface area contributed by atoms with Crippen LogP contribution in [0.25, 0.3) is 0 Å². The van der Waals surface area contributed by atoms with Crippen molar-refractivity contribution < 1.29 is 4.79 Å². The van der Waals surface area contributed by atoms with Gasteiger partial charge in [0.15, 0.2) is 5.96 Å². The Morgan fingerprint density at radius 2 is 1.67 bits per heavy atom. The third-order valence-corrected chi connectivity index (χ3v) is 5.49. The molecule has 0 aliphatic carbocycles. The van der Waals surface area contributed by atoms with Crippen molar-refractivity contribution in [1.82, 2.24) is 30.4 Å². The van der Waals surface area contributed by atoms with Gasteiger partial charge in [0.25, 0.3) is 0 Å². The first-order chi connectivity index (χ1) is 14.3. The third-order valence-electron chi connectivity index (χ3n) is 5.49. The summed E-state index contributed by atoms with van der Waals surface area (Å²) < 4.78 is 0. The number of carbonyl (C=O) groups excluding carboxylic acids is 1. The normalized spacial score (nSPS) is 18.0. The van der Waals surface area contributed by atoms with Crippen molar-refractivity contribution in [3.8, 4) is 0 Å². The second kappa shape index (κ2) is 13.6. The molecule has 2 saturated heterocycles. The lowest BCUT2D eigenvalue weighted by molar-refractivity contribution is -0.131. The Balaban J connectivity index is 0.00000320. The summed E-state index contributed by atoms with van der Waals surface area (Å²) in [7, 11) is 1.77. The predicted molar refractivity (Wildman–Crippen MR) is 131 cm³/mol. The van der Waals surface area contributed by atoms with E-state index in [0.717, 1.165) is 38.1 Å². The summed E-state index contributed by atoms with van der Waals surface area (Å²) in [6.07, 6.45) is 7.94. The molecule has 0 radical (unpaired) electrons. The quantitative estimate of drug-likeness (QED) is 0.306. The molecule has 1 aromatic rings. The zero-order valence-electron chi connectivity index (χ0n) is 17.9. The molecule has 0 atom stereocenters. The summed E-state index contributed by atoms with van der Waals surface area (Å²) in [6, 6.07) is 1.81. The molecule has 0 bridgehead atoms. The van der Waals surface area contributed by atoms with E-state index in [1.165, 1.54) is 32.4 Å². The molecule has 1 amide bonds. The van der Waals surface area contributed by atoms with Crippen LogP contribution in [-0.2, 0) is 4.79 Å². The number of hydrogen-bond acceptors (Lipinski definition) is 6. The number of hydrogen-bond donors (Lipinski definition) is 2. The lowest BCUT2D eigenvalue weighted by Gasteiger charge is -2.34. The SMILES string of the molecule is CN=C(NCCC(=O)N1CCN(c2ncccn2)CC1)NCCN1CCCCC1.I. The molecule has 10 heteroatoms. The van der Waals surface area contributed by atoms with Crippen LogP contribution in [-0.4, -0.2) is 97.6 Å². The van der Waals surface area contributed by atoms with Crippen molar-refractivity contribution in [2.75, 3.05) is 70.9 Å². The summed E-state index contributed by atoms with van der Waals surface area (Å²) in [5.74, 6) is 1.68. The van der Waals surface area contributed by atoms with Gasteiger partial charge in [-0.2, -0.15) is 0 Å². The van der Waals surface area contributed by atoms with Crippen molar-refractivity contribution in [3.63, 3.8) is 0 Å². The Labute approximate surface area is 196 Å². The number of amides is 1. The summed E-state index contributed by atoms with van der Waals surface area (Å²) in [6.45, 7) is 7.85. The fourth-order valence-electron chi connectivity index (χ4n) is 3.79. The third kappa shape index (κ3) is 7.86. The highest BCUT2D eigenvalue weighted by Gasteiger charge is 2.22. The van der Waals surface area contributed by atoms with Gasteiger partial charge < -0.3 is 25.3 Å². The van der Waals surface area contributed by atoms with Gasteiger partial charge in [0, 0.05) is 71.7 Å². The van der Waals surface area contributed by atoms with E-state index in [2.05, 4.69) is 35.4 Å². The number of nitrogens with zero attached hydrogens (tertiary/aromatic N) is 6. The Hall–Kier alpha value is -1.69. The molecule has 0 spiro atoms. The fraction of sp³-hybridized carbons (Fsp3) is 0.700. The number of aromatic nitrogens is 2. The van der Waals surface area contributed by atoms with Crippen molar-refractivity contribution in [1.29, 1.82) is 0 Å². The number of anilines is 1. The zero-order valence-corrected chi connectivity index (χ0v) is 20.3. The van der Waals surface area contributed by atoms with E-state index in [9.17, 15) is 4.79 Å². The smallest absolute Gasteiger partial charge is 0.225 e. The van der Waals surface area contributed by atoms with Crippen molar-refractivity contribution in [2.45, 2.75) is 25.7 Å². The van der Waals surface area contributed by atoms with Crippen molar-refractivity contribution in [3.05, 3.63) is 18.5 Å². The van der Waals surface area contributed by atoms with Crippen LogP contribution < -0.4 is 15.5 Å². The largest absolute Gasteiger partial charge is 0.356 e. The first kappa shape index (κ1) is 24.6. The lowest BCUT2D eigenvalue weighted by Crippen LogP contribution is -2.50. The number of piperazine rings is 1. The minimum absolute atomic E-state index is 0. The monoisotopic (exact) mass is 530 g/mol. The molecule has 2 aliphatic heterocycles. The molecule has 3 rings (SSSR count). The van der Waals surface area contributed by atoms with E-state index in [1.807, 2.05) is 11.0 Å². The van der Waals surface area contributed by atoms with E-state index in [-0.39, 0.29) is 29.9 Å². The number of halogens is 1. The van der Waals surface area contributed by atoms with E-state index in [0.29, 0.717) is 26.1 Å². The first-order valence-electron chi connectivity index (χ1n) is 10.7. The predicted octanol–water partition coefficient (Wildman–Crippen LogP) is 0.784. The van der Waals surface area contributed by atoms with Crippen LogP contribution in [0.5, 0.6) is 0 Å². The molecule has 0 unspecified atom stereocenters. The van der Waals surface area contributed by atoms with Crippen LogP contribution in [0.4, 0.5) is 5.95 Å². The Kier molecular flexibility index (Phi) is 11.1. The van der Waals surface area contributed by atoms with Gasteiger partial charge in [0.05, 0.1) is 0 Å².